The molecule has 0 aliphatic rings. The summed E-state index contributed by atoms with van der Waals surface area (Å²) in [5.74, 6) is -1.02. The van der Waals surface area contributed by atoms with E-state index in [-0.39, 0.29) is 17.9 Å². The third-order valence-electron chi connectivity index (χ3n) is 2.33. The maximum absolute atomic E-state index is 13.2. The molecular formula is C12H16F2N2O. The van der Waals surface area contributed by atoms with Crippen molar-refractivity contribution in [3.05, 3.63) is 35.4 Å². The Hall–Kier alpha value is -1.49. The van der Waals surface area contributed by atoms with Crippen molar-refractivity contribution < 1.29 is 13.6 Å². The molecule has 0 unspecified atom stereocenters. The molecule has 0 saturated heterocycles. The minimum atomic E-state index is -0.470. The molecule has 0 aliphatic heterocycles. The van der Waals surface area contributed by atoms with Crippen molar-refractivity contribution >= 4 is 5.91 Å². The predicted molar refractivity (Wildman–Crippen MR) is 61.6 cm³/mol. The summed E-state index contributed by atoms with van der Waals surface area (Å²) >= 11 is 0. The first kappa shape index (κ1) is 13.6. The van der Waals surface area contributed by atoms with E-state index >= 15 is 0 Å². The molecule has 0 atom stereocenters. The SMILES string of the molecule is CNCCC(=O)NCCc1cc(F)ccc1F. The normalized spacial score (nSPS) is 10.3. The molecule has 0 aliphatic carbocycles. The zero-order valence-corrected chi connectivity index (χ0v) is 9.72. The average Bonchev–Trinajstić information content (AvgIpc) is 2.31. The Balaban J connectivity index is 2.35. The maximum Gasteiger partial charge on any atom is 0.221 e. The number of hydrogen-bond acceptors (Lipinski definition) is 2. The molecule has 1 aromatic carbocycles. The third kappa shape index (κ3) is 4.91. The van der Waals surface area contributed by atoms with E-state index in [1.54, 1.807) is 7.05 Å². The number of nitrogens with one attached hydrogen (secondary N) is 2. The molecule has 0 heterocycles. The molecule has 0 fully saturated rings. The second kappa shape index (κ2) is 6.96. The third-order valence-corrected chi connectivity index (χ3v) is 2.33. The summed E-state index contributed by atoms with van der Waals surface area (Å²) in [5, 5.41) is 5.50. The molecule has 17 heavy (non-hydrogen) atoms. The van der Waals surface area contributed by atoms with Crippen LogP contribution in [0.5, 0.6) is 0 Å². The van der Waals surface area contributed by atoms with Gasteiger partial charge in [-0.15, -0.1) is 0 Å². The van der Waals surface area contributed by atoms with Crippen molar-refractivity contribution in [3.8, 4) is 0 Å². The van der Waals surface area contributed by atoms with Crippen molar-refractivity contribution in [2.24, 2.45) is 0 Å². The van der Waals surface area contributed by atoms with E-state index in [2.05, 4.69) is 10.6 Å². The lowest BCUT2D eigenvalue weighted by atomic mass is 10.1. The van der Waals surface area contributed by atoms with Crippen molar-refractivity contribution in [1.82, 2.24) is 10.6 Å². The Bertz CT molecular complexity index is 383. The topological polar surface area (TPSA) is 41.1 Å². The minimum Gasteiger partial charge on any atom is -0.356 e. The van der Waals surface area contributed by atoms with Crippen LogP contribution in [0.2, 0.25) is 0 Å². The smallest absolute Gasteiger partial charge is 0.221 e. The van der Waals surface area contributed by atoms with Crippen LogP contribution in [0, 0.1) is 11.6 Å². The van der Waals surface area contributed by atoms with Gasteiger partial charge in [0.25, 0.3) is 0 Å². The number of rotatable bonds is 6. The highest BCUT2D eigenvalue weighted by atomic mass is 19.1. The van der Waals surface area contributed by atoms with Gasteiger partial charge in [-0.1, -0.05) is 0 Å². The fraction of sp³-hybridized carbons (Fsp3) is 0.417. The highest BCUT2D eigenvalue weighted by Gasteiger charge is 2.05. The van der Waals surface area contributed by atoms with E-state index in [4.69, 9.17) is 0 Å². The van der Waals surface area contributed by atoms with Crippen LogP contribution in [0.4, 0.5) is 8.78 Å². The number of benzene rings is 1. The Kier molecular flexibility index (Phi) is 5.56. The van der Waals surface area contributed by atoms with E-state index in [1.165, 1.54) is 0 Å². The molecule has 3 nitrogen and oxygen atoms in total. The highest BCUT2D eigenvalue weighted by molar-refractivity contribution is 5.76. The molecule has 0 bridgehead atoms. The van der Waals surface area contributed by atoms with Gasteiger partial charge < -0.3 is 10.6 Å². The van der Waals surface area contributed by atoms with E-state index < -0.39 is 11.6 Å². The Labute approximate surface area is 99.2 Å². The lowest BCUT2D eigenvalue weighted by Gasteiger charge is -2.06. The number of hydrogen-bond donors (Lipinski definition) is 2. The first-order chi connectivity index (χ1) is 8.13. The minimum absolute atomic E-state index is 0.101. The van der Waals surface area contributed by atoms with Crippen LogP contribution in [-0.4, -0.2) is 26.0 Å². The second-order valence-corrected chi connectivity index (χ2v) is 3.69. The summed E-state index contributed by atoms with van der Waals surface area (Å²) in [5.41, 5.74) is 0.277. The zero-order valence-electron chi connectivity index (χ0n) is 9.72. The first-order valence-corrected chi connectivity index (χ1v) is 5.48. The van der Waals surface area contributed by atoms with Crippen LogP contribution < -0.4 is 10.6 Å². The van der Waals surface area contributed by atoms with E-state index in [1.807, 2.05) is 0 Å². The number of amides is 1. The fourth-order valence-electron chi connectivity index (χ4n) is 1.40. The molecule has 1 rings (SSSR count). The van der Waals surface area contributed by atoms with Crippen LogP contribution in [0.3, 0.4) is 0 Å². The first-order valence-electron chi connectivity index (χ1n) is 5.48. The van der Waals surface area contributed by atoms with Gasteiger partial charge in [-0.25, -0.2) is 8.78 Å². The van der Waals surface area contributed by atoms with Gasteiger partial charge in [0.15, 0.2) is 0 Å². The standard InChI is InChI=1S/C12H16F2N2O/c1-15-6-5-12(17)16-7-4-9-8-10(13)2-3-11(9)14/h2-3,8,15H,4-7H2,1H3,(H,16,17). The molecule has 5 heteroatoms. The molecule has 0 radical (unpaired) electrons. The van der Waals surface area contributed by atoms with Gasteiger partial charge in [0.2, 0.25) is 5.91 Å². The molecule has 0 saturated carbocycles. The molecule has 0 spiro atoms. The summed E-state index contributed by atoms with van der Waals surface area (Å²) in [6.07, 6.45) is 0.664. The monoisotopic (exact) mass is 242 g/mol. The van der Waals surface area contributed by atoms with Crippen LogP contribution in [0.25, 0.3) is 0 Å². The van der Waals surface area contributed by atoms with Gasteiger partial charge in [0.1, 0.15) is 11.6 Å². The van der Waals surface area contributed by atoms with Crippen LogP contribution >= 0.6 is 0 Å². The summed E-state index contributed by atoms with van der Waals surface area (Å²) < 4.78 is 26.0. The van der Waals surface area contributed by atoms with E-state index in [0.717, 1.165) is 18.2 Å². The van der Waals surface area contributed by atoms with Crippen molar-refractivity contribution in [2.45, 2.75) is 12.8 Å². The maximum atomic E-state index is 13.2. The van der Waals surface area contributed by atoms with Crippen LogP contribution in [0.1, 0.15) is 12.0 Å². The number of carbonyl (C=O) groups excluding carboxylic acids is 1. The summed E-state index contributed by atoms with van der Waals surface area (Å²) in [6.45, 7) is 0.906. The highest BCUT2D eigenvalue weighted by Crippen LogP contribution is 2.09. The van der Waals surface area contributed by atoms with Gasteiger partial charge in [-0.05, 0) is 37.2 Å². The van der Waals surface area contributed by atoms with Gasteiger partial charge in [-0.3, -0.25) is 4.79 Å². The molecular weight excluding hydrogens is 226 g/mol. The Morgan fingerprint density at radius 2 is 2.06 bits per heavy atom. The number of halogens is 2. The largest absolute Gasteiger partial charge is 0.356 e. The molecule has 1 aromatic rings. The van der Waals surface area contributed by atoms with E-state index in [0.29, 0.717) is 19.5 Å². The van der Waals surface area contributed by atoms with Gasteiger partial charge >= 0.3 is 0 Å². The predicted octanol–water partition coefficient (Wildman–Crippen LogP) is 1.23. The van der Waals surface area contributed by atoms with Gasteiger partial charge in [-0.2, -0.15) is 0 Å². The number of carbonyl (C=O) groups is 1. The van der Waals surface area contributed by atoms with E-state index in [9.17, 15) is 13.6 Å². The van der Waals surface area contributed by atoms with Gasteiger partial charge in [0.05, 0.1) is 0 Å². The molecule has 2 N–H and O–H groups in total. The second-order valence-electron chi connectivity index (χ2n) is 3.69. The Morgan fingerprint density at radius 1 is 1.29 bits per heavy atom. The summed E-state index contributed by atoms with van der Waals surface area (Å²) in [7, 11) is 1.76. The molecule has 94 valence electrons. The molecule has 1 amide bonds. The summed E-state index contributed by atoms with van der Waals surface area (Å²) in [6, 6.07) is 3.31. The molecule has 0 aromatic heterocycles. The lowest BCUT2D eigenvalue weighted by Crippen LogP contribution is -2.28. The van der Waals surface area contributed by atoms with Crippen molar-refractivity contribution in [3.63, 3.8) is 0 Å². The van der Waals surface area contributed by atoms with Crippen LogP contribution in [0.15, 0.2) is 18.2 Å². The fourth-order valence-corrected chi connectivity index (χ4v) is 1.40. The lowest BCUT2D eigenvalue weighted by molar-refractivity contribution is -0.120. The quantitative estimate of drug-likeness (QED) is 0.788. The summed E-state index contributed by atoms with van der Waals surface area (Å²) in [4.78, 5) is 11.2. The average molecular weight is 242 g/mol. The van der Waals surface area contributed by atoms with Gasteiger partial charge in [0, 0.05) is 19.5 Å². The van der Waals surface area contributed by atoms with Crippen LogP contribution in [-0.2, 0) is 11.2 Å². The van der Waals surface area contributed by atoms with Crippen molar-refractivity contribution in [2.75, 3.05) is 20.1 Å². The van der Waals surface area contributed by atoms with Crippen molar-refractivity contribution in [1.29, 1.82) is 0 Å². The Morgan fingerprint density at radius 3 is 2.76 bits per heavy atom. The zero-order chi connectivity index (χ0) is 12.7.